The predicted octanol–water partition coefficient (Wildman–Crippen LogP) is 5.10. The number of nitrogens with zero attached hydrogens (tertiary/aromatic N) is 2. The number of Topliss-reactive ketones (excluding diaryl/α,β-unsaturated/α-hetero) is 1. The standard InChI is InChI=1S/C48H56N2O10/c1-23-47(55)17-15-33(51)41-45(47)19-31(49(23)21-25-3-4-25)29-11-13-35(39(59-41)37(29)45)57-43(53)27-7-9-28(10-8-27)44(54)58-36-14-12-30-32-20-46-38(30)40(36)60-42(46)34(52)16-18-48(46,56)24(2)50(32)22-26-5-6-26/h11-14,23-28,31-33,41-42,51,55-56H,3-10,15-22H2,1-2H3/t23?,24?,27?,28?,31?,32?,33?,41-,42-,45-,46-,47+,48+/m0/s1. The van der Waals surface area contributed by atoms with Gasteiger partial charge in [-0.3, -0.25) is 24.2 Å². The van der Waals surface area contributed by atoms with Crippen molar-refractivity contribution >= 4 is 17.7 Å². The minimum Gasteiger partial charge on any atom is -0.482 e. The molecular weight excluding hydrogens is 765 g/mol. The van der Waals surface area contributed by atoms with Gasteiger partial charge in [0.25, 0.3) is 0 Å². The number of carbonyl (C=O) groups excluding carboxylic acids is 3. The average Bonchev–Trinajstić information content (AvgIpc) is 4.13. The number of benzene rings is 2. The number of ether oxygens (including phenoxy) is 4. The molecule has 2 saturated heterocycles. The van der Waals surface area contributed by atoms with Crippen LogP contribution in [0.2, 0.25) is 0 Å². The van der Waals surface area contributed by atoms with Gasteiger partial charge in [-0.25, -0.2) is 0 Å². The van der Waals surface area contributed by atoms with Crippen LogP contribution in [-0.2, 0) is 25.2 Å². The average molecular weight is 821 g/mol. The lowest BCUT2D eigenvalue weighted by Gasteiger charge is -2.59. The summed E-state index contributed by atoms with van der Waals surface area (Å²) < 4.78 is 25.5. The second-order valence-corrected chi connectivity index (χ2v) is 21.1. The number of rotatable bonds is 8. The molecule has 2 spiro atoms. The van der Waals surface area contributed by atoms with E-state index >= 15 is 0 Å². The summed E-state index contributed by atoms with van der Waals surface area (Å²) in [4.78, 5) is 46.3. The zero-order valence-corrected chi connectivity index (χ0v) is 34.6. The molecule has 7 aliphatic carbocycles. The number of piperidine rings is 2. The van der Waals surface area contributed by atoms with E-state index in [1.807, 2.05) is 18.2 Å². The molecule has 60 heavy (non-hydrogen) atoms. The molecule has 7 fully saturated rings. The zero-order chi connectivity index (χ0) is 40.8. The van der Waals surface area contributed by atoms with Crippen LogP contribution in [0.25, 0.3) is 0 Å². The Morgan fingerprint density at radius 3 is 1.75 bits per heavy atom. The molecular formula is C48H56N2O10. The number of ketones is 1. The van der Waals surface area contributed by atoms with Gasteiger partial charge in [-0.15, -0.1) is 0 Å². The third-order valence-electron chi connectivity index (χ3n) is 18.4. The van der Waals surface area contributed by atoms with E-state index in [9.17, 15) is 29.7 Å². The van der Waals surface area contributed by atoms with Crippen LogP contribution in [-0.4, -0.2) is 97.5 Å². The Labute approximate surface area is 349 Å². The number of aliphatic hydroxyl groups is 3. The molecule has 2 aromatic carbocycles. The summed E-state index contributed by atoms with van der Waals surface area (Å²) in [5, 5.41) is 36.6. The molecule has 11 aliphatic rings. The Kier molecular flexibility index (Phi) is 7.48. The molecule has 2 aromatic rings. The third-order valence-corrected chi connectivity index (χ3v) is 18.4. The van der Waals surface area contributed by atoms with Crippen molar-refractivity contribution in [3.8, 4) is 23.0 Å². The maximum absolute atomic E-state index is 13.9. The normalized spacial score (nSPS) is 43.9. The largest absolute Gasteiger partial charge is 0.482 e. The molecule has 11 atom stereocenters. The van der Waals surface area contributed by atoms with E-state index in [-0.39, 0.29) is 48.3 Å². The number of carbonyl (C=O) groups is 3. The molecule has 5 unspecified atom stereocenters. The molecule has 4 heterocycles. The molecule has 3 N–H and O–H groups in total. The van der Waals surface area contributed by atoms with E-state index < -0.39 is 52.2 Å². The first kappa shape index (κ1) is 37.0. The highest BCUT2D eigenvalue weighted by Gasteiger charge is 2.77. The fourth-order valence-corrected chi connectivity index (χ4v) is 15.0. The second-order valence-electron chi connectivity index (χ2n) is 21.1. The summed E-state index contributed by atoms with van der Waals surface area (Å²) in [6.45, 7) is 6.13. The maximum atomic E-state index is 13.9. The van der Waals surface area contributed by atoms with Gasteiger partial charge in [-0.1, -0.05) is 12.1 Å². The van der Waals surface area contributed by atoms with Crippen molar-refractivity contribution in [2.24, 2.45) is 23.7 Å². The molecule has 4 bridgehead atoms. The minimum absolute atomic E-state index is 0.00188. The third kappa shape index (κ3) is 4.47. The number of fused-ring (bicyclic) bond motifs is 4. The van der Waals surface area contributed by atoms with Crippen molar-refractivity contribution in [1.82, 2.24) is 9.80 Å². The van der Waals surface area contributed by atoms with Gasteiger partial charge in [-0.2, -0.15) is 0 Å². The van der Waals surface area contributed by atoms with Gasteiger partial charge in [0.1, 0.15) is 6.10 Å². The Hall–Kier alpha value is -3.55. The molecule has 12 nitrogen and oxygen atoms in total. The molecule has 0 amide bonds. The van der Waals surface area contributed by atoms with Crippen molar-refractivity contribution < 1.29 is 48.7 Å². The van der Waals surface area contributed by atoms with Gasteiger partial charge in [-0.05, 0) is 132 Å². The van der Waals surface area contributed by atoms with Crippen LogP contribution in [0.4, 0.5) is 0 Å². The molecule has 13 rings (SSSR count). The molecule has 4 aliphatic heterocycles. The van der Waals surface area contributed by atoms with Crippen LogP contribution in [0.5, 0.6) is 23.0 Å². The minimum atomic E-state index is -1.13. The highest BCUT2D eigenvalue weighted by molar-refractivity contribution is 5.91. The first-order valence-electron chi connectivity index (χ1n) is 23.2. The first-order chi connectivity index (χ1) is 28.9. The summed E-state index contributed by atoms with van der Waals surface area (Å²) >= 11 is 0. The van der Waals surface area contributed by atoms with E-state index in [0.717, 1.165) is 35.3 Å². The second kappa shape index (κ2) is 12.1. The molecule has 318 valence electrons. The first-order valence-corrected chi connectivity index (χ1v) is 23.2. The molecule has 0 radical (unpaired) electrons. The van der Waals surface area contributed by atoms with E-state index in [4.69, 9.17) is 18.9 Å². The summed E-state index contributed by atoms with van der Waals surface area (Å²) in [6, 6.07) is 7.67. The number of hydrogen-bond donors (Lipinski definition) is 3. The quantitative estimate of drug-likeness (QED) is 0.240. The van der Waals surface area contributed by atoms with Crippen molar-refractivity contribution in [1.29, 1.82) is 0 Å². The lowest BCUT2D eigenvalue weighted by molar-refractivity contribution is -0.205. The summed E-state index contributed by atoms with van der Waals surface area (Å²) in [5.74, 6) is 1.26. The zero-order valence-electron chi connectivity index (χ0n) is 34.6. The van der Waals surface area contributed by atoms with Gasteiger partial charge >= 0.3 is 11.9 Å². The summed E-state index contributed by atoms with van der Waals surface area (Å²) in [5.41, 5.74) is 0.150. The van der Waals surface area contributed by atoms with Gasteiger partial charge in [0.2, 0.25) is 0 Å². The lowest BCUT2D eigenvalue weighted by Crippen LogP contribution is -2.72. The number of hydrogen-bond acceptors (Lipinski definition) is 12. The monoisotopic (exact) mass is 820 g/mol. The predicted molar refractivity (Wildman–Crippen MR) is 214 cm³/mol. The maximum Gasteiger partial charge on any atom is 0.314 e. The molecule has 5 saturated carbocycles. The van der Waals surface area contributed by atoms with E-state index in [0.29, 0.717) is 92.6 Å². The van der Waals surface area contributed by atoms with Gasteiger partial charge in [0.15, 0.2) is 34.9 Å². The fourth-order valence-electron chi connectivity index (χ4n) is 15.0. The van der Waals surface area contributed by atoms with Crippen LogP contribution in [0.15, 0.2) is 24.3 Å². The highest BCUT2D eigenvalue weighted by atomic mass is 16.6. The number of esters is 2. The Morgan fingerprint density at radius 1 is 0.700 bits per heavy atom. The topological polar surface area (TPSA) is 155 Å². The lowest BCUT2D eigenvalue weighted by atomic mass is 9.54. The van der Waals surface area contributed by atoms with Crippen molar-refractivity contribution in [3.63, 3.8) is 0 Å². The smallest absolute Gasteiger partial charge is 0.314 e. The van der Waals surface area contributed by atoms with Gasteiger partial charge < -0.3 is 34.3 Å². The number of likely N-dealkylation sites (tertiary alicyclic amines) is 2. The molecule has 0 aromatic heterocycles. The molecule has 12 heteroatoms. The van der Waals surface area contributed by atoms with Crippen LogP contribution < -0.4 is 18.9 Å². The SMILES string of the molecule is CC1N(CC2CC2)C2C[C@]34c5c2ccc(OC(=O)C2CCC(C(=O)Oc6ccc7c8c6O[C@H]6C(O)CC[C@@]9(O)C(C)N(CC%10CC%10)C7C[C@]869)CC2)c5O[C@H]3C(=O)CC[C@@]14O. The highest BCUT2D eigenvalue weighted by Crippen LogP contribution is 2.72. The Morgan fingerprint density at radius 2 is 1.20 bits per heavy atom. The van der Waals surface area contributed by atoms with Crippen LogP contribution in [0.3, 0.4) is 0 Å². The van der Waals surface area contributed by atoms with Crippen molar-refractivity contribution in [2.45, 2.75) is 168 Å². The van der Waals surface area contributed by atoms with E-state index in [1.165, 1.54) is 25.7 Å². The summed E-state index contributed by atoms with van der Waals surface area (Å²) in [7, 11) is 0. The Balaban J connectivity index is 0.727. The van der Waals surface area contributed by atoms with Crippen LogP contribution in [0.1, 0.15) is 138 Å². The van der Waals surface area contributed by atoms with E-state index in [2.05, 4.69) is 29.7 Å². The van der Waals surface area contributed by atoms with Crippen molar-refractivity contribution in [3.05, 3.63) is 46.5 Å². The Bertz CT molecular complexity index is 2270. The fraction of sp³-hybridized carbons (Fsp3) is 0.688. The number of aliphatic hydroxyl groups excluding tert-OH is 1. The van der Waals surface area contributed by atoms with Crippen LogP contribution in [0, 0.1) is 23.7 Å². The van der Waals surface area contributed by atoms with Crippen LogP contribution >= 0.6 is 0 Å². The van der Waals surface area contributed by atoms with E-state index in [1.54, 1.807) is 0 Å². The van der Waals surface area contributed by atoms with Gasteiger partial charge in [0.05, 0.1) is 40.0 Å². The summed E-state index contributed by atoms with van der Waals surface area (Å²) in [6.07, 6.45) is 7.43. The van der Waals surface area contributed by atoms with Crippen molar-refractivity contribution in [2.75, 3.05) is 13.1 Å². The van der Waals surface area contributed by atoms with Gasteiger partial charge in [0, 0.05) is 54.8 Å².